The van der Waals surface area contributed by atoms with Gasteiger partial charge in [0, 0.05) is 0 Å². The first-order valence-electron chi connectivity index (χ1n) is 5.71. The number of aromatic nitrogens is 1. The molecule has 5 nitrogen and oxygen atoms in total. The van der Waals surface area contributed by atoms with Crippen molar-refractivity contribution in [2.75, 3.05) is 7.05 Å². The number of aryl methyl sites for hydroxylation is 1. The van der Waals surface area contributed by atoms with Gasteiger partial charge in [-0.05, 0) is 26.8 Å². The van der Waals surface area contributed by atoms with Crippen molar-refractivity contribution in [3.63, 3.8) is 0 Å². The standard InChI is InChI=1S/C12H20N2O3/c1-7(2)11(12(15)16)14(5)8(3)10-9(4)17-6-13-10/h6-8,11H,1-5H3,(H,15,16). The Balaban J connectivity index is 2.92. The van der Waals surface area contributed by atoms with E-state index in [9.17, 15) is 9.90 Å². The molecule has 1 aromatic rings. The molecule has 0 saturated carbocycles. The molecule has 1 rings (SSSR count). The molecule has 1 aromatic heterocycles. The highest BCUT2D eigenvalue weighted by molar-refractivity contribution is 5.73. The van der Waals surface area contributed by atoms with E-state index in [1.807, 2.05) is 32.6 Å². The van der Waals surface area contributed by atoms with Crippen LogP contribution >= 0.6 is 0 Å². The molecular formula is C12H20N2O3. The molecule has 2 atom stereocenters. The molecule has 0 spiro atoms. The average molecular weight is 240 g/mol. The molecule has 0 saturated heterocycles. The summed E-state index contributed by atoms with van der Waals surface area (Å²) in [7, 11) is 1.80. The molecule has 17 heavy (non-hydrogen) atoms. The second-order valence-corrected chi connectivity index (χ2v) is 4.66. The predicted octanol–water partition coefficient (Wildman–Crippen LogP) is 2.09. The molecule has 0 fully saturated rings. The highest BCUT2D eigenvalue weighted by Gasteiger charge is 2.31. The van der Waals surface area contributed by atoms with Crippen LogP contribution in [0.5, 0.6) is 0 Å². The van der Waals surface area contributed by atoms with E-state index in [0.29, 0.717) is 0 Å². The number of carbonyl (C=O) groups is 1. The van der Waals surface area contributed by atoms with Gasteiger partial charge in [-0.25, -0.2) is 4.98 Å². The van der Waals surface area contributed by atoms with Gasteiger partial charge in [-0.3, -0.25) is 9.69 Å². The van der Waals surface area contributed by atoms with Crippen molar-refractivity contribution in [3.05, 3.63) is 17.8 Å². The van der Waals surface area contributed by atoms with E-state index in [1.165, 1.54) is 6.39 Å². The second kappa shape index (κ2) is 5.31. The summed E-state index contributed by atoms with van der Waals surface area (Å²) in [6.45, 7) is 7.57. The fourth-order valence-corrected chi connectivity index (χ4v) is 2.08. The smallest absolute Gasteiger partial charge is 0.321 e. The fraction of sp³-hybridized carbons (Fsp3) is 0.667. The topological polar surface area (TPSA) is 66.6 Å². The quantitative estimate of drug-likeness (QED) is 0.853. The number of nitrogens with zero attached hydrogens (tertiary/aromatic N) is 2. The van der Waals surface area contributed by atoms with Crippen molar-refractivity contribution in [1.29, 1.82) is 0 Å². The summed E-state index contributed by atoms with van der Waals surface area (Å²) in [6.07, 6.45) is 1.39. The number of hydrogen-bond donors (Lipinski definition) is 1. The first-order chi connectivity index (χ1) is 7.86. The van der Waals surface area contributed by atoms with Crippen LogP contribution < -0.4 is 0 Å². The number of carboxylic acid groups (broad SMARTS) is 1. The summed E-state index contributed by atoms with van der Waals surface area (Å²) in [6, 6.07) is -0.613. The van der Waals surface area contributed by atoms with Crippen molar-refractivity contribution >= 4 is 5.97 Å². The van der Waals surface area contributed by atoms with Crippen LogP contribution in [0.4, 0.5) is 0 Å². The van der Waals surface area contributed by atoms with Gasteiger partial charge >= 0.3 is 5.97 Å². The monoisotopic (exact) mass is 240 g/mol. The zero-order valence-electron chi connectivity index (χ0n) is 11.0. The number of likely N-dealkylation sites (N-methyl/N-ethyl adjacent to an activating group) is 1. The Morgan fingerprint density at radius 1 is 1.47 bits per heavy atom. The number of carboxylic acids is 1. The molecule has 0 aliphatic carbocycles. The normalized spacial score (nSPS) is 15.2. The average Bonchev–Trinajstić information content (AvgIpc) is 2.62. The van der Waals surface area contributed by atoms with Crippen LogP contribution in [0.1, 0.15) is 38.3 Å². The molecule has 0 aromatic carbocycles. The summed E-state index contributed by atoms with van der Waals surface area (Å²) in [5.41, 5.74) is 0.791. The molecule has 96 valence electrons. The third-order valence-corrected chi connectivity index (χ3v) is 3.11. The van der Waals surface area contributed by atoms with Crippen molar-refractivity contribution in [1.82, 2.24) is 9.88 Å². The largest absolute Gasteiger partial charge is 0.480 e. The van der Waals surface area contributed by atoms with Gasteiger partial charge in [0.2, 0.25) is 0 Å². The van der Waals surface area contributed by atoms with Crippen LogP contribution in [-0.4, -0.2) is 34.0 Å². The molecule has 0 amide bonds. The maximum Gasteiger partial charge on any atom is 0.321 e. The van der Waals surface area contributed by atoms with Crippen LogP contribution in [-0.2, 0) is 4.79 Å². The summed E-state index contributed by atoms with van der Waals surface area (Å²) in [5.74, 6) is -0.0418. The van der Waals surface area contributed by atoms with E-state index in [4.69, 9.17) is 4.42 Å². The van der Waals surface area contributed by atoms with E-state index >= 15 is 0 Å². The van der Waals surface area contributed by atoms with Gasteiger partial charge in [0.25, 0.3) is 0 Å². The Bertz CT molecular complexity index is 387. The molecule has 0 radical (unpaired) electrons. The molecule has 0 aliphatic rings. The van der Waals surface area contributed by atoms with Crippen molar-refractivity contribution in [2.24, 2.45) is 5.92 Å². The van der Waals surface area contributed by atoms with Gasteiger partial charge in [0.1, 0.15) is 11.8 Å². The number of oxazole rings is 1. The predicted molar refractivity (Wildman–Crippen MR) is 63.7 cm³/mol. The lowest BCUT2D eigenvalue weighted by Gasteiger charge is -2.32. The summed E-state index contributed by atoms with van der Waals surface area (Å²) in [5, 5.41) is 9.24. The van der Waals surface area contributed by atoms with Crippen LogP contribution in [0.2, 0.25) is 0 Å². The lowest BCUT2D eigenvalue weighted by Crippen LogP contribution is -2.43. The summed E-state index contributed by atoms with van der Waals surface area (Å²) < 4.78 is 5.15. The Labute approximate surface area is 101 Å². The van der Waals surface area contributed by atoms with Crippen LogP contribution in [0, 0.1) is 12.8 Å². The zero-order valence-corrected chi connectivity index (χ0v) is 11.0. The van der Waals surface area contributed by atoms with E-state index < -0.39 is 12.0 Å². The van der Waals surface area contributed by atoms with Crippen molar-refractivity contribution < 1.29 is 14.3 Å². The van der Waals surface area contributed by atoms with Crippen LogP contribution in [0.15, 0.2) is 10.8 Å². The van der Waals surface area contributed by atoms with Gasteiger partial charge in [-0.2, -0.15) is 0 Å². The minimum Gasteiger partial charge on any atom is -0.480 e. The SMILES string of the molecule is Cc1ocnc1C(C)N(C)C(C(=O)O)C(C)C. The molecule has 2 unspecified atom stereocenters. The van der Waals surface area contributed by atoms with E-state index in [-0.39, 0.29) is 12.0 Å². The Kier molecular flexibility index (Phi) is 4.28. The van der Waals surface area contributed by atoms with Crippen molar-refractivity contribution in [2.45, 2.75) is 39.8 Å². The first-order valence-corrected chi connectivity index (χ1v) is 5.71. The lowest BCUT2D eigenvalue weighted by molar-refractivity contribution is -0.145. The lowest BCUT2D eigenvalue weighted by atomic mass is 10.0. The number of aliphatic carboxylic acids is 1. The molecular weight excluding hydrogens is 220 g/mol. The number of hydrogen-bond acceptors (Lipinski definition) is 4. The highest BCUT2D eigenvalue weighted by Crippen LogP contribution is 2.25. The second-order valence-electron chi connectivity index (χ2n) is 4.66. The number of rotatable bonds is 5. The highest BCUT2D eigenvalue weighted by atomic mass is 16.4. The van der Waals surface area contributed by atoms with Crippen molar-refractivity contribution in [3.8, 4) is 0 Å². The first kappa shape index (κ1) is 13.7. The van der Waals surface area contributed by atoms with Gasteiger partial charge in [-0.15, -0.1) is 0 Å². The van der Waals surface area contributed by atoms with Gasteiger partial charge < -0.3 is 9.52 Å². The van der Waals surface area contributed by atoms with Crippen LogP contribution in [0.25, 0.3) is 0 Å². The maximum absolute atomic E-state index is 11.3. The minimum atomic E-state index is -0.810. The Morgan fingerprint density at radius 3 is 2.41 bits per heavy atom. The van der Waals surface area contributed by atoms with Gasteiger partial charge in [0.05, 0.1) is 11.7 Å². The molecule has 1 heterocycles. The molecule has 0 bridgehead atoms. The van der Waals surface area contributed by atoms with E-state index in [1.54, 1.807) is 7.05 Å². The summed E-state index contributed by atoms with van der Waals surface area (Å²) in [4.78, 5) is 17.2. The van der Waals surface area contributed by atoms with E-state index in [0.717, 1.165) is 11.5 Å². The van der Waals surface area contributed by atoms with Gasteiger partial charge in [-0.1, -0.05) is 13.8 Å². The minimum absolute atomic E-state index is 0.0344. The molecule has 5 heteroatoms. The fourth-order valence-electron chi connectivity index (χ4n) is 2.08. The maximum atomic E-state index is 11.3. The zero-order chi connectivity index (χ0) is 13.2. The van der Waals surface area contributed by atoms with E-state index in [2.05, 4.69) is 4.98 Å². The molecule has 0 aliphatic heterocycles. The van der Waals surface area contributed by atoms with Gasteiger partial charge in [0.15, 0.2) is 6.39 Å². The Hall–Kier alpha value is -1.36. The van der Waals surface area contributed by atoms with Crippen LogP contribution in [0.3, 0.4) is 0 Å². The third-order valence-electron chi connectivity index (χ3n) is 3.11. The molecule has 1 N–H and O–H groups in total. The summed E-state index contributed by atoms with van der Waals surface area (Å²) >= 11 is 0. The third kappa shape index (κ3) is 2.85. The Morgan fingerprint density at radius 2 is 2.06 bits per heavy atom.